The Morgan fingerprint density at radius 3 is 2.57 bits per heavy atom. The summed E-state index contributed by atoms with van der Waals surface area (Å²) in [6.07, 6.45) is 2.02. The Balaban J connectivity index is 2.04. The lowest BCUT2D eigenvalue weighted by Gasteiger charge is -2.26. The van der Waals surface area contributed by atoms with Crippen LogP contribution in [0.5, 0.6) is 0 Å². The quantitative estimate of drug-likeness (QED) is 0.833. The van der Waals surface area contributed by atoms with Crippen molar-refractivity contribution in [3.8, 4) is 0 Å². The van der Waals surface area contributed by atoms with Crippen molar-refractivity contribution >= 4 is 10.0 Å². The zero-order valence-corrected chi connectivity index (χ0v) is 13.3. The minimum Gasteiger partial charge on any atom is -0.386 e. The molecule has 0 spiro atoms. The Bertz CT molecular complexity index is 570. The number of rotatable bonds is 6. The highest BCUT2D eigenvalue weighted by Crippen LogP contribution is 2.25. The summed E-state index contributed by atoms with van der Waals surface area (Å²) >= 11 is 0. The molecule has 0 amide bonds. The summed E-state index contributed by atoms with van der Waals surface area (Å²) in [5.41, 5.74) is -0.0113. The van der Waals surface area contributed by atoms with Crippen molar-refractivity contribution in [2.24, 2.45) is 0 Å². The molecular weight excluding hydrogens is 290 g/mol. The SMILES string of the molecule is CCCc1ccc(S(=O)(=O)NCC2(O)CCOC2C)cc1. The molecule has 2 atom stereocenters. The van der Waals surface area contributed by atoms with E-state index in [1.165, 1.54) is 0 Å². The molecule has 2 rings (SSSR count). The summed E-state index contributed by atoms with van der Waals surface area (Å²) in [4.78, 5) is 0.220. The molecule has 1 aliphatic heterocycles. The largest absolute Gasteiger partial charge is 0.386 e. The number of ether oxygens (including phenoxy) is 1. The summed E-state index contributed by atoms with van der Waals surface area (Å²) in [7, 11) is -3.61. The summed E-state index contributed by atoms with van der Waals surface area (Å²) < 4.78 is 32.3. The van der Waals surface area contributed by atoms with Gasteiger partial charge in [0.05, 0.1) is 11.0 Å². The van der Waals surface area contributed by atoms with Crippen molar-refractivity contribution in [2.75, 3.05) is 13.2 Å². The fraction of sp³-hybridized carbons (Fsp3) is 0.600. The monoisotopic (exact) mass is 313 g/mol. The molecule has 21 heavy (non-hydrogen) atoms. The highest BCUT2D eigenvalue weighted by atomic mass is 32.2. The van der Waals surface area contributed by atoms with Gasteiger partial charge in [-0.3, -0.25) is 0 Å². The van der Waals surface area contributed by atoms with Crippen LogP contribution in [0.1, 0.15) is 32.3 Å². The average Bonchev–Trinajstić information content (AvgIpc) is 2.78. The molecule has 0 radical (unpaired) electrons. The highest BCUT2D eigenvalue weighted by Gasteiger charge is 2.40. The predicted molar refractivity (Wildman–Crippen MR) is 80.6 cm³/mol. The van der Waals surface area contributed by atoms with Gasteiger partial charge in [0.15, 0.2) is 0 Å². The van der Waals surface area contributed by atoms with E-state index in [-0.39, 0.29) is 17.5 Å². The second-order valence-electron chi connectivity index (χ2n) is 5.59. The molecule has 1 heterocycles. The second-order valence-corrected chi connectivity index (χ2v) is 7.35. The zero-order chi connectivity index (χ0) is 15.5. The van der Waals surface area contributed by atoms with E-state index in [1.807, 2.05) is 12.1 Å². The molecule has 0 aromatic heterocycles. The van der Waals surface area contributed by atoms with Crippen molar-refractivity contribution in [2.45, 2.75) is 49.7 Å². The van der Waals surface area contributed by atoms with Gasteiger partial charge in [-0.2, -0.15) is 0 Å². The Morgan fingerprint density at radius 2 is 2.05 bits per heavy atom. The molecule has 2 unspecified atom stereocenters. The maximum atomic E-state index is 12.2. The van der Waals surface area contributed by atoms with E-state index in [0.29, 0.717) is 13.0 Å². The molecule has 1 aliphatic rings. The number of aliphatic hydroxyl groups is 1. The summed E-state index contributed by atoms with van der Waals surface area (Å²) in [6.45, 7) is 4.25. The maximum absolute atomic E-state index is 12.2. The first-order chi connectivity index (χ1) is 9.87. The van der Waals surface area contributed by atoms with Crippen LogP contribution in [0.15, 0.2) is 29.2 Å². The first-order valence-corrected chi connectivity index (χ1v) is 8.78. The summed E-state index contributed by atoms with van der Waals surface area (Å²) in [5, 5.41) is 10.3. The van der Waals surface area contributed by atoms with Gasteiger partial charge in [-0.15, -0.1) is 0 Å². The van der Waals surface area contributed by atoms with E-state index in [0.717, 1.165) is 18.4 Å². The van der Waals surface area contributed by atoms with Crippen molar-refractivity contribution in [1.82, 2.24) is 4.72 Å². The molecule has 0 aliphatic carbocycles. The molecule has 1 aromatic carbocycles. The van der Waals surface area contributed by atoms with E-state index < -0.39 is 15.6 Å². The minimum absolute atomic E-state index is 0.0345. The minimum atomic E-state index is -3.61. The van der Waals surface area contributed by atoms with Crippen LogP contribution in [0.25, 0.3) is 0 Å². The molecule has 6 heteroatoms. The predicted octanol–water partition coefficient (Wildman–Crippen LogP) is 1.46. The van der Waals surface area contributed by atoms with Gasteiger partial charge in [-0.25, -0.2) is 13.1 Å². The van der Waals surface area contributed by atoms with Gasteiger partial charge < -0.3 is 9.84 Å². The molecule has 118 valence electrons. The Hall–Kier alpha value is -0.950. The van der Waals surface area contributed by atoms with Crippen LogP contribution >= 0.6 is 0 Å². The first kappa shape index (κ1) is 16.4. The van der Waals surface area contributed by atoms with Gasteiger partial charge in [-0.05, 0) is 31.0 Å². The van der Waals surface area contributed by atoms with Crippen molar-refractivity contribution in [1.29, 1.82) is 0 Å². The van der Waals surface area contributed by atoms with Crippen molar-refractivity contribution in [3.05, 3.63) is 29.8 Å². The van der Waals surface area contributed by atoms with Gasteiger partial charge in [0, 0.05) is 19.6 Å². The number of nitrogens with one attached hydrogen (secondary N) is 1. The summed E-state index contributed by atoms with van der Waals surface area (Å²) in [5.74, 6) is 0. The fourth-order valence-electron chi connectivity index (χ4n) is 2.43. The molecular formula is C15H23NO4S. The molecule has 2 N–H and O–H groups in total. The third kappa shape index (κ3) is 3.83. The Morgan fingerprint density at radius 1 is 1.38 bits per heavy atom. The number of aryl methyl sites for hydroxylation is 1. The van der Waals surface area contributed by atoms with Crippen LogP contribution in [0, 0.1) is 0 Å². The molecule has 5 nitrogen and oxygen atoms in total. The van der Waals surface area contributed by atoms with Crippen LogP contribution in [-0.2, 0) is 21.2 Å². The normalized spacial score (nSPS) is 26.1. The Kier molecular flexibility index (Phi) is 5.03. The lowest BCUT2D eigenvalue weighted by Crippen LogP contribution is -2.47. The highest BCUT2D eigenvalue weighted by molar-refractivity contribution is 7.89. The lowest BCUT2D eigenvalue weighted by atomic mass is 9.97. The number of hydrogen-bond donors (Lipinski definition) is 2. The number of benzene rings is 1. The van der Waals surface area contributed by atoms with E-state index in [2.05, 4.69) is 11.6 Å². The zero-order valence-electron chi connectivity index (χ0n) is 12.5. The van der Waals surface area contributed by atoms with Crippen molar-refractivity contribution in [3.63, 3.8) is 0 Å². The van der Waals surface area contributed by atoms with E-state index in [4.69, 9.17) is 4.74 Å². The van der Waals surface area contributed by atoms with Gasteiger partial charge >= 0.3 is 0 Å². The van der Waals surface area contributed by atoms with E-state index in [1.54, 1.807) is 19.1 Å². The second kappa shape index (κ2) is 6.44. The maximum Gasteiger partial charge on any atom is 0.240 e. The van der Waals surface area contributed by atoms with Gasteiger partial charge in [0.25, 0.3) is 0 Å². The van der Waals surface area contributed by atoms with E-state index >= 15 is 0 Å². The fourth-order valence-corrected chi connectivity index (χ4v) is 3.53. The van der Waals surface area contributed by atoms with Crippen molar-refractivity contribution < 1.29 is 18.3 Å². The lowest BCUT2D eigenvalue weighted by molar-refractivity contribution is -0.0228. The third-order valence-electron chi connectivity index (χ3n) is 4.00. The third-order valence-corrected chi connectivity index (χ3v) is 5.42. The summed E-state index contributed by atoms with van der Waals surface area (Å²) in [6, 6.07) is 6.86. The number of sulfonamides is 1. The molecule has 1 fully saturated rings. The number of hydrogen-bond acceptors (Lipinski definition) is 4. The first-order valence-electron chi connectivity index (χ1n) is 7.30. The van der Waals surface area contributed by atoms with Crippen LogP contribution in [0.3, 0.4) is 0 Å². The smallest absolute Gasteiger partial charge is 0.240 e. The van der Waals surface area contributed by atoms with Gasteiger partial charge in [0.2, 0.25) is 10.0 Å². The average molecular weight is 313 g/mol. The van der Waals surface area contributed by atoms with Gasteiger partial charge in [-0.1, -0.05) is 25.5 Å². The molecule has 1 aromatic rings. The van der Waals surface area contributed by atoms with Crippen LogP contribution < -0.4 is 4.72 Å². The molecule has 1 saturated heterocycles. The Labute approximate surface area is 126 Å². The van der Waals surface area contributed by atoms with Crippen LogP contribution in [0.2, 0.25) is 0 Å². The van der Waals surface area contributed by atoms with Crippen LogP contribution in [-0.4, -0.2) is 38.4 Å². The molecule has 0 bridgehead atoms. The molecule has 0 saturated carbocycles. The van der Waals surface area contributed by atoms with Gasteiger partial charge in [0.1, 0.15) is 5.60 Å². The topological polar surface area (TPSA) is 75.6 Å². The standard InChI is InChI=1S/C15H23NO4S/c1-3-4-13-5-7-14(8-6-13)21(18,19)16-11-15(17)9-10-20-12(15)2/h5-8,12,16-17H,3-4,9-11H2,1-2H3. The van der Waals surface area contributed by atoms with E-state index in [9.17, 15) is 13.5 Å². The van der Waals surface area contributed by atoms with Crippen LogP contribution in [0.4, 0.5) is 0 Å².